The van der Waals surface area contributed by atoms with Crippen molar-refractivity contribution in [1.82, 2.24) is 15.5 Å². The molecule has 1 aromatic carbocycles. The van der Waals surface area contributed by atoms with E-state index in [9.17, 15) is 4.79 Å². The number of thiophene rings is 1. The molecule has 0 spiro atoms. The molecule has 4 rings (SSSR count). The zero-order valence-corrected chi connectivity index (χ0v) is 14.7. The lowest BCUT2D eigenvalue weighted by Crippen LogP contribution is -2.21. The molecule has 6 nitrogen and oxygen atoms in total. The van der Waals surface area contributed by atoms with Crippen molar-refractivity contribution in [3.63, 3.8) is 0 Å². The summed E-state index contributed by atoms with van der Waals surface area (Å²) in [4.78, 5) is 18.0. The van der Waals surface area contributed by atoms with Gasteiger partial charge in [0.05, 0.1) is 22.6 Å². The number of carbonyl (C=O) groups excluding carboxylic acids is 1. The van der Waals surface area contributed by atoms with Crippen LogP contribution in [0.2, 0.25) is 0 Å². The molecule has 0 aliphatic heterocycles. The molecular weight excluding hydrogens is 350 g/mol. The first kappa shape index (κ1) is 16.3. The van der Waals surface area contributed by atoms with E-state index >= 15 is 0 Å². The Kier molecular flexibility index (Phi) is 4.37. The summed E-state index contributed by atoms with van der Waals surface area (Å²) in [6.07, 6.45) is 1.58. The lowest BCUT2D eigenvalue weighted by atomic mass is 10.1. The van der Waals surface area contributed by atoms with Crippen molar-refractivity contribution in [3.8, 4) is 22.2 Å². The minimum absolute atomic E-state index is 0.167. The van der Waals surface area contributed by atoms with E-state index in [0.29, 0.717) is 28.9 Å². The van der Waals surface area contributed by atoms with Crippen molar-refractivity contribution in [1.29, 1.82) is 0 Å². The summed E-state index contributed by atoms with van der Waals surface area (Å²) in [6.45, 7) is 2.37. The van der Waals surface area contributed by atoms with Crippen molar-refractivity contribution in [2.75, 3.05) is 0 Å². The van der Waals surface area contributed by atoms with Crippen LogP contribution in [0.4, 0.5) is 0 Å². The van der Waals surface area contributed by atoms with Crippen LogP contribution in [0.25, 0.3) is 22.2 Å². The van der Waals surface area contributed by atoms with Gasteiger partial charge in [-0.1, -0.05) is 22.9 Å². The standard InChI is InChI=1S/C19H15N3O3S/c1-12-4-6-13(7-5-12)19-21-17(22-25-19)15-8-9-16(26-15)18(23)20-11-14-3-2-10-24-14/h2-10H,11H2,1H3,(H,20,23). The molecule has 1 N–H and O–H groups in total. The van der Waals surface area contributed by atoms with E-state index in [1.54, 1.807) is 18.4 Å². The Morgan fingerprint density at radius 3 is 2.77 bits per heavy atom. The lowest BCUT2D eigenvalue weighted by Gasteiger charge is -1.99. The summed E-state index contributed by atoms with van der Waals surface area (Å²) in [6, 6.07) is 15.0. The van der Waals surface area contributed by atoms with E-state index < -0.39 is 0 Å². The van der Waals surface area contributed by atoms with Gasteiger partial charge in [-0.05, 0) is 43.3 Å². The average molecular weight is 365 g/mol. The van der Waals surface area contributed by atoms with Crippen molar-refractivity contribution in [2.24, 2.45) is 0 Å². The van der Waals surface area contributed by atoms with Gasteiger partial charge in [0.1, 0.15) is 5.76 Å². The molecule has 0 radical (unpaired) electrons. The first-order chi connectivity index (χ1) is 12.7. The molecule has 4 aromatic rings. The van der Waals surface area contributed by atoms with E-state index in [4.69, 9.17) is 8.94 Å². The third-order valence-electron chi connectivity index (χ3n) is 3.78. The van der Waals surface area contributed by atoms with Gasteiger partial charge in [0.25, 0.3) is 11.8 Å². The molecule has 3 heterocycles. The van der Waals surface area contributed by atoms with E-state index in [-0.39, 0.29) is 5.91 Å². The fourth-order valence-corrected chi connectivity index (χ4v) is 3.23. The van der Waals surface area contributed by atoms with Gasteiger partial charge in [0, 0.05) is 5.56 Å². The van der Waals surface area contributed by atoms with Crippen LogP contribution in [-0.2, 0) is 6.54 Å². The first-order valence-electron chi connectivity index (χ1n) is 8.00. The van der Waals surface area contributed by atoms with Gasteiger partial charge in [-0.2, -0.15) is 4.98 Å². The number of nitrogens with zero attached hydrogens (tertiary/aromatic N) is 2. The van der Waals surface area contributed by atoms with Gasteiger partial charge < -0.3 is 14.3 Å². The normalized spacial score (nSPS) is 10.8. The van der Waals surface area contributed by atoms with E-state index in [2.05, 4.69) is 15.5 Å². The van der Waals surface area contributed by atoms with Crippen LogP contribution in [0.3, 0.4) is 0 Å². The van der Waals surface area contributed by atoms with Crippen molar-refractivity contribution in [3.05, 3.63) is 71.0 Å². The highest BCUT2D eigenvalue weighted by Crippen LogP contribution is 2.28. The molecule has 0 atom stereocenters. The summed E-state index contributed by atoms with van der Waals surface area (Å²) >= 11 is 1.31. The predicted octanol–water partition coefficient (Wildman–Crippen LogP) is 4.30. The summed E-state index contributed by atoms with van der Waals surface area (Å²) in [5.74, 6) is 1.46. The smallest absolute Gasteiger partial charge is 0.261 e. The summed E-state index contributed by atoms with van der Waals surface area (Å²) in [5, 5.41) is 6.84. The number of aryl methyl sites for hydroxylation is 1. The van der Waals surface area contributed by atoms with Gasteiger partial charge in [-0.15, -0.1) is 11.3 Å². The Morgan fingerprint density at radius 2 is 2.00 bits per heavy atom. The van der Waals surface area contributed by atoms with Crippen LogP contribution in [0.1, 0.15) is 21.0 Å². The SMILES string of the molecule is Cc1ccc(-c2nc(-c3ccc(C(=O)NCc4ccco4)s3)no2)cc1. The molecule has 0 fully saturated rings. The zero-order chi connectivity index (χ0) is 17.9. The molecule has 0 saturated carbocycles. The Hall–Kier alpha value is -3.19. The third-order valence-corrected chi connectivity index (χ3v) is 4.86. The monoisotopic (exact) mass is 365 g/mol. The summed E-state index contributed by atoms with van der Waals surface area (Å²) in [5.41, 5.74) is 2.03. The predicted molar refractivity (Wildman–Crippen MR) is 97.7 cm³/mol. The number of rotatable bonds is 5. The Labute approximate surface area is 153 Å². The van der Waals surface area contributed by atoms with Crippen molar-refractivity contribution < 1.29 is 13.7 Å². The van der Waals surface area contributed by atoms with Gasteiger partial charge >= 0.3 is 0 Å². The maximum absolute atomic E-state index is 12.2. The molecule has 0 aliphatic rings. The van der Waals surface area contributed by atoms with Crippen LogP contribution >= 0.6 is 11.3 Å². The second kappa shape index (κ2) is 6.97. The number of furan rings is 1. The highest BCUT2D eigenvalue weighted by Gasteiger charge is 2.15. The highest BCUT2D eigenvalue weighted by molar-refractivity contribution is 7.17. The van der Waals surface area contributed by atoms with E-state index in [1.807, 2.05) is 43.3 Å². The van der Waals surface area contributed by atoms with Gasteiger partial charge in [0.2, 0.25) is 5.82 Å². The minimum atomic E-state index is -0.167. The molecule has 0 bridgehead atoms. The number of hydrogen-bond acceptors (Lipinski definition) is 6. The Bertz CT molecular complexity index is 1020. The van der Waals surface area contributed by atoms with Gasteiger partial charge in [0.15, 0.2) is 0 Å². The van der Waals surface area contributed by atoms with Crippen LogP contribution in [0, 0.1) is 6.92 Å². The summed E-state index contributed by atoms with van der Waals surface area (Å²) in [7, 11) is 0. The number of hydrogen-bond donors (Lipinski definition) is 1. The maximum Gasteiger partial charge on any atom is 0.261 e. The van der Waals surface area contributed by atoms with Gasteiger partial charge in [-0.25, -0.2) is 0 Å². The maximum atomic E-state index is 12.2. The number of carbonyl (C=O) groups is 1. The first-order valence-corrected chi connectivity index (χ1v) is 8.82. The number of aromatic nitrogens is 2. The lowest BCUT2D eigenvalue weighted by molar-refractivity contribution is 0.0952. The second-order valence-electron chi connectivity index (χ2n) is 5.72. The fourth-order valence-electron chi connectivity index (χ4n) is 2.38. The molecular formula is C19H15N3O3S. The highest BCUT2D eigenvalue weighted by atomic mass is 32.1. The molecule has 0 unspecified atom stereocenters. The average Bonchev–Trinajstić information content (AvgIpc) is 3.41. The molecule has 1 amide bonds. The Balaban J connectivity index is 1.47. The zero-order valence-electron chi connectivity index (χ0n) is 13.9. The second-order valence-corrected chi connectivity index (χ2v) is 6.80. The topological polar surface area (TPSA) is 81.2 Å². The number of amides is 1. The molecule has 7 heteroatoms. The van der Waals surface area contributed by atoms with E-state index in [0.717, 1.165) is 16.0 Å². The quantitative estimate of drug-likeness (QED) is 0.570. The Morgan fingerprint density at radius 1 is 1.15 bits per heavy atom. The molecule has 3 aromatic heterocycles. The van der Waals surface area contributed by atoms with Crippen LogP contribution in [0.15, 0.2) is 63.7 Å². The van der Waals surface area contributed by atoms with Crippen LogP contribution in [-0.4, -0.2) is 16.0 Å². The van der Waals surface area contributed by atoms with Crippen LogP contribution < -0.4 is 5.32 Å². The van der Waals surface area contributed by atoms with Gasteiger partial charge in [-0.3, -0.25) is 4.79 Å². The largest absolute Gasteiger partial charge is 0.467 e. The molecule has 130 valence electrons. The fraction of sp³-hybridized carbons (Fsp3) is 0.105. The molecule has 0 aliphatic carbocycles. The van der Waals surface area contributed by atoms with Crippen LogP contribution in [0.5, 0.6) is 0 Å². The molecule has 26 heavy (non-hydrogen) atoms. The number of nitrogens with one attached hydrogen (secondary N) is 1. The molecule has 0 saturated heterocycles. The van der Waals surface area contributed by atoms with E-state index in [1.165, 1.54) is 11.3 Å². The third kappa shape index (κ3) is 3.43. The van der Waals surface area contributed by atoms with Crippen molar-refractivity contribution >= 4 is 17.2 Å². The van der Waals surface area contributed by atoms with Crippen molar-refractivity contribution in [2.45, 2.75) is 13.5 Å². The number of benzene rings is 1. The summed E-state index contributed by atoms with van der Waals surface area (Å²) < 4.78 is 10.5. The minimum Gasteiger partial charge on any atom is -0.467 e.